The van der Waals surface area contributed by atoms with Gasteiger partial charge in [-0.3, -0.25) is 9.79 Å². The van der Waals surface area contributed by atoms with Gasteiger partial charge in [0.25, 0.3) is 5.91 Å². The van der Waals surface area contributed by atoms with Crippen LogP contribution in [0.5, 0.6) is 0 Å². The van der Waals surface area contributed by atoms with Crippen molar-refractivity contribution in [2.24, 2.45) is 4.99 Å². The number of carbonyl (C=O) groups is 1. The second-order valence-corrected chi connectivity index (χ2v) is 7.88. The molecule has 3 N–H and O–H groups in total. The first-order chi connectivity index (χ1) is 14.6. The lowest BCUT2D eigenvalue weighted by atomic mass is 9.79. The Morgan fingerprint density at radius 1 is 1.10 bits per heavy atom. The standard InChI is InChI=1S/C24H31FN4O/c1-26-22(30)19-7-5-6-18(16-19)12-15-28-23(27-2)29-17-24(13-3-4-14-24)20-8-10-21(25)11-9-20/h5-11,16H,3-4,12-15,17H2,1-2H3,(H,26,30)(H2,27,28,29). The highest BCUT2D eigenvalue weighted by atomic mass is 19.1. The van der Waals surface area contributed by atoms with Crippen LogP contribution in [0.2, 0.25) is 0 Å². The number of aliphatic imine (C=N–C) groups is 1. The molecule has 0 spiro atoms. The van der Waals surface area contributed by atoms with Crippen LogP contribution in [-0.4, -0.2) is 39.1 Å². The van der Waals surface area contributed by atoms with Crippen molar-refractivity contribution in [1.82, 2.24) is 16.0 Å². The quantitative estimate of drug-likeness (QED) is 0.484. The van der Waals surface area contributed by atoms with Gasteiger partial charge in [0, 0.05) is 38.2 Å². The molecule has 1 saturated carbocycles. The molecule has 3 rings (SSSR count). The summed E-state index contributed by atoms with van der Waals surface area (Å²) in [5.74, 6) is 0.480. The van der Waals surface area contributed by atoms with Crippen LogP contribution in [0.1, 0.15) is 47.2 Å². The summed E-state index contributed by atoms with van der Waals surface area (Å²) in [4.78, 5) is 16.1. The molecule has 160 valence electrons. The Kier molecular flexibility index (Phi) is 7.44. The first kappa shape index (κ1) is 21.8. The highest BCUT2D eigenvalue weighted by Gasteiger charge is 2.35. The van der Waals surface area contributed by atoms with Gasteiger partial charge in [-0.15, -0.1) is 0 Å². The van der Waals surface area contributed by atoms with Crippen LogP contribution in [0.15, 0.2) is 53.5 Å². The molecule has 2 aromatic rings. The molecule has 0 atom stereocenters. The van der Waals surface area contributed by atoms with Crippen LogP contribution in [0, 0.1) is 5.82 Å². The van der Waals surface area contributed by atoms with E-state index < -0.39 is 0 Å². The molecule has 1 amide bonds. The van der Waals surface area contributed by atoms with Crippen LogP contribution in [-0.2, 0) is 11.8 Å². The third-order valence-electron chi connectivity index (χ3n) is 5.96. The zero-order valence-electron chi connectivity index (χ0n) is 17.8. The van der Waals surface area contributed by atoms with Crippen molar-refractivity contribution < 1.29 is 9.18 Å². The topological polar surface area (TPSA) is 65.5 Å². The summed E-state index contributed by atoms with van der Waals surface area (Å²) < 4.78 is 13.4. The number of nitrogens with one attached hydrogen (secondary N) is 3. The number of hydrogen-bond donors (Lipinski definition) is 3. The molecule has 0 saturated heterocycles. The molecule has 0 aromatic heterocycles. The predicted octanol–water partition coefficient (Wildman–Crippen LogP) is 3.40. The van der Waals surface area contributed by atoms with E-state index in [9.17, 15) is 9.18 Å². The number of rotatable bonds is 7. The van der Waals surface area contributed by atoms with Gasteiger partial charge in [-0.2, -0.15) is 0 Å². The minimum atomic E-state index is -0.196. The molecule has 1 aliphatic carbocycles. The first-order valence-corrected chi connectivity index (χ1v) is 10.6. The van der Waals surface area contributed by atoms with Crippen LogP contribution in [0.4, 0.5) is 4.39 Å². The molecule has 2 aromatic carbocycles. The van der Waals surface area contributed by atoms with Crippen LogP contribution < -0.4 is 16.0 Å². The largest absolute Gasteiger partial charge is 0.356 e. The minimum Gasteiger partial charge on any atom is -0.356 e. The van der Waals surface area contributed by atoms with Crippen LogP contribution in [0.3, 0.4) is 0 Å². The molecule has 6 heteroatoms. The van der Waals surface area contributed by atoms with E-state index in [4.69, 9.17) is 0 Å². The van der Waals surface area contributed by atoms with E-state index >= 15 is 0 Å². The normalized spacial score (nSPS) is 15.6. The van der Waals surface area contributed by atoms with Gasteiger partial charge in [0.15, 0.2) is 5.96 Å². The van der Waals surface area contributed by atoms with E-state index in [0.29, 0.717) is 12.1 Å². The highest BCUT2D eigenvalue weighted by molar-refractivity contribution is 5.94. The maximum absolute atomic E-state index is 13.4. The number of guanidine groups is 1. The zero-order chi connectivity index (χ0) is 21.4. The number of halogens is 1. The van der Waals surface area contributed by atoms with Crippen molar-refractivity contribution in [2.75, 3.05) is 27.2 Å². The molecule has 1 fully saturated rings. The van der Waals surface area contributed by atoms with Gasteiger partial charge in [0.1, 0.15) is 5.82 Å². The smallest absolute Gasteiger partial charge is 0.251 e. The maximum Gasteiger partial charge on any atom is 0.251 e. The van der Waals surface area contributed by atoms with Gasteiger partial charge < -0.3 is 16.0 Å². The zero-order valence-corrected chi connectivity index (χ0v) is 17.8. The number of hydrogen-bond acceptors (Lipinski definition) is 2. The van der Waals surface area contributed by atoms with Gasteiger partial charge in [-0.25, -0.2) is 4.39 Å². The Morgan fingerprint density at radius 3 is 2.50 bits per heavy atom. The minimum absolute atomic E-state index is 0.0210. The number of benzene rings is 2. The second kappa shape index (κ2) is 10.2. The lowest BCUT2D eigenvalue weighted by Gasteiger charge is -2.31. The lowest BCUT2D eigenvalue weighted by molar-refractivity contribution is 0.0963. The Bertz CT molecular complexity index is 873. The summed E-state index contributed by atoms with van der Waals surface area (Å²) in [5, 5.41) is 9.48. The van der Waals surface area contributed by atoms with Crippen molar-refractivity contribution in [1.29, 1.82) is 0 Å². The fraction of sp³-hybridized carbons (Fsp3) is 0.417. The Labute approximate surface area is 178 Å². The Morgan fingerprint density at radius 2 is 1.83 bits per heavy atom. The summed E-state index contributed by atoms with van der Waals surface area (Å²) in [7, 11) is 3.40. The summed E-state index contributed by atoms with van der Waals surface area (Å²) in [6, 6.07) is 14.6. The summed E-state index contributed by atoms with van der Waals surface area (Å²) in [6.07, 6.45) is 5.35. The maximum atomic E-state index is 13.4. The molecular weight excluding hydrogens is 379 g/mol. The van der Waals surface area contributed by atoms with Crippen LogP contribution in [0.25, 0.3) is 0 Å². The van der Waals surface area contributed by atoms with Gasteiger partial charge in [-0.05, 0) is 54.7 Å². The van der Waals surface area contributed by atoms with Gasteiger partial charge in [0.2, 0.25) is 0 Å². The van der Waals surface area contributed by atoms with Crippen molar-refractivity contribution in [3.63, 3.8) is 0 Å². The molecule has 0 heterocycles. The fourth-order valence-corrected chi connectivity index (χ4v) is 4.23. The van der Waals surface area contributed by atoms with Crippen molar-refractivity contribution in [3.8, 4) is 0 Å². The van der Waals surface area contributed by atoms with Gasteiger partial charge in [0.05, 0.1) is 0 Å². The van der Waals surface area contributed by atoms with Gasteiger partial charge >= 0.3 is 0 Å². The summed E-state index contributed by atoms with van der Waals surface area (Å²) >= 11 is 0. The monoisotopic (exact) mass is 410 g/mol. The predicted molar refractivity (Wildman–Crippen MR) is 119 cm³/mol. The SMILES string of the molecule is CN=C(NCCc1cccc(C(=O)NC)c1)NCC1(c2ccc(F)cc2)CCCC1. The highest BCUT2D eigenvalue weighted by Crippen LogP contribution is 2.40. The van der Waals surface area contributed by atoms with E-state index in [1.807, 2.05) is 36.4 Å². The molecular formula is C24H31FN4O. The summed E-state index contributed by atoms with van der Waals surface area (Å²) in [6.45, 7) is 1.48. The van der Waals surface area contributed by atoms with E-state index in [1.165, 1.54) is 18.4 Å². The van der Waals surface area contributed by atoms with E-state index in [2.05, 4.69) is 20.9 Å². The average Bonchev–Trinajstić information content (AvgIpc) is 3.26. The van der Waals surface area contributed by atoms with Gasteiger partial charge in [-0.1, -0.05) is 37.1 Å². The Hall–Kier alpha value is -2.89. The molecule has 0 bridgehead atoms. The fourth-order valence-electron chi connectivity index (χ4n) is 4.23. The summed E-state index contributed by atoms with van der Waals surface area (Å²) in [5.41, 5.74) is 2.97. The molecule has 5 nitrogen and oxygen atoms in total. The third-order valence-corrected chi connectivity index (χ3v) is 5.96. The number of nitrogens with zero attached hydrogens (tertiary/aromatic N) is 1. The Balaban J connectivity index is 1.55. The second-order valence-electron chi connectivity index (χ2n) is 7.88. The molecule has 0 aliphatic heterocycles. The molecule has 0 radical (unpaired) electrons. The first-order valence-electron chi connectivity index (χ1n) is 10.6. The average molecular weight is 411 g/mol. The van der Waals surface area contributed by atoms with E-state index in [1.54, 1.807) is 26.2 Å². The number of amides is 1. The molecule has 0 unspecified atom stereocenters. The molecule has 30 heavy (non-hydrogen) atoms. The van der Waals surface area contributed by atoms with Crippen molar-refractivity contribution in [3.05, 3.63) is 71.0 Å². The van der Waals surface area contributed by atoms with Crippen molar-refractivity contribution in [2.45, 2.75) is 37.5 Å². The van der Waals surface area contributed by atoms with E-state index in [0.717, 1.165) is 37.3 Å². The molecule has 1 aliphatic rings. The van der Waals surface area contributed by atoms with Crippen LogP contribution >= 0.6 is 0 Å². The number of carbonyl (C=O) groups excluding carboxylic acids is 1. The van der Waals surface area contributed by atoms with E-state index in [-0.39, 0.29) is 17.1 Å². The lowest BCUT2D eigenvalue weighted by Crippen LogP contribution is -2.45. The van der Waals surface area contributed by atoms with Crippen molar-refractivity contribution >= 4 is 11.9 Å². The third kappa shape index (κ3) is 5.38.